The van der Waals surface area contributed by atoms with E-state index in [0.717, 1.165) is 43.5 Å². The molecule has 1 aliphatic heterocycles. The van der Waals surface area contributed by atoms with Crippen molar-refractivity contribution >= 4 is 9.84 Å². The summed E-state index contributed by atoms with van der Waals surface area (Å²) in [7, 11) is -3.30. The van der Waals surface area contributed by atoms with Gasteiger partial charge in [0, 0.05) is 19.2 Å². The van der Waals surface area contributed by atoms with Crippen molar-refractivity contribution in [1.82, 2.24) is 5.32 Å². The zero-order chi connectivity index (χ0) is 22.4. The summed E-state index contributed by atoms with van der Waals surface area (Å²) in [6.07, 6.45) is -4.82. The summed E-state index contributed by atoms with van der Waals surface area (Å²) < 4.78 is 98.3. The molecule has 1 saturated heterocycles. The summed E-state index contributed by atoms with van der Waals surface area (Å²) in [6, 6.07) is 7.12. The summed E-state index contributed by atoms with van der Waals surface area (Å²) in [5.74, 6) is -1.84. The van der Waals surface area contributed by atoms with Gasteiger partial charge in [0.05, 0.1) is 4.90 Å². The molecular formula is C20H20F5NO3S. The van der Waals surface area contributed by atoms with Crippen LogP contribution in [0.4, 0.5) is 22.0 Å². The number of halogens is 5. The normalized spacial score (nSPS) is 22.1. The molecule has 10 heteroatoms. The molecule has 0 aromatic heterocycles. The summed E-state index contributed by atoms with van der Waals surface area (Å²) >= 11 is 0. The molecule has 3 rings (SSSR count). The first-order valence-corrected chi connectivity index (χ1v) is 10.5. The third-order valence-electron chi connectivity index (χ3n) is 5.71. The molecule has 2 aromatic carbocycles. The molecule has 0 spiro atoms. The fourth-order valence-corrected chi connectivity index (χ4v) is 5.75. The minimum absolute atomic E-state index is 0.0127. The molecule has 1 N–H and O–H groups in total. The van der Waals surface area contributed by atoms with Gasteiger partial charge in [0.25, 0.3) is 0 Å². The van der Waals surface area contributed by atoms with Gasteiger partial charge >= 0.3 is 6.18 Å². The molecule has 0 aliphatic carbocycles. The predicted octanol–water partition coefficient (Wildman–Crippen LogP) is 4.05. The minimum atomic E-state index is -4.89. The van der Waals surface area contributed by atoms with E-state index in [1.54, 1.807) is 0 Å². The maximum atomic E-state index is 14.9. The lowest BCUT2D eigenvalue weighted by Crippen LogP contribution is -2.42. The molecule has 2 aromatic rings. The Bertz CT molecular complexity index is 1030. The van der Waals surface area contributed by atoms with Crippen LogP contribution in [0.3, 0.4) is 0 Å². The van der Waals surface area contributed by atoms with Gasteiger partial charge in [-0.25, -0.2) is 17.2 Å². The Morgan fingerprint density at radius 1 is 1.07 bits per heavy atom. The van der Waals surface area contributed by atoms with Gasteiger partial charge in [0.1, 0.15) is 16.4 Å². The van der Waals surface area contributed by atoms with Crippen LogP contribution in [-0.4, -0.2) is 34.8 Å². The van der Waals surface area contributed by atoms with Gasteiger partial charge < -0.3 is 10.1 Å². The lowest BCUT2D eigenvalue weighted by atomic mass is 9.90. The largest absolute Gasteiger partial charge is 0.421 e. The van der Waals surface area contributed by atoms with Crippen LogP contribution < -0.4 is 5.32 Å². The van der Waals surface area contributed by atoms with Gasteiger partial charge in [-0.1, -0.05) is 12.1 Å². The topological polar surface area (TPSA) is 55.4 Å². The standard InChI is InChI=1S/C20H20F5NO3S/c1-18(29-2,20(23,24)25)16-8-3-13(11-17(16)22)19(9-10-26-12-19)30(27,28)15-6-4-14(21)5-7-15/h3-8,11,26H,9-10,12H2,1-2H3/t18?,19-/m0/s1. The molecule has 0 bridgehead atoms. The van der Waals surface area contributed by atoms with E-state index in [9.17, 15) is 30.4 Å². The lowest BCUT2D eigenvalue weighted by molar-refractivity contribution is -0.270. The number of rotatable bonds is 5. The Hall–Kier alpha value is -2.04. The van der Waals surface area contributed by atoms with Crippen molar-refractivity contribution in [1.29, 1.82) is 0 Å². The van der Waals surface area contributed by atoms with E-state index in [2.05, 4.69) is 10.1 Å². The summed E-state index contributed by atoms with van der Waals surface area (Å²) in [5, 5.41) is 2.92. The second-order valence-corrected chi connectivity index (χ2v) is 9.57. The van der Waals surface area contributed by atoms with Crippen LogP contribution in [0.1, 0.15) is 24.5 Å². The average Bonchev–Trinajstić information content (AvgIpc) is 3.18. The van der Waals surface area contributed by atoms with Crippen molar-refractivity contribution in [3.8, 4) is 0 Å². The zero-order valence-electron chi connectivity index (χ0n) is 16.2. The molecule has 0 saturated carbocycles. The van der Waals surface area contributed by atoms with E-state index < -0.39 is 43.6 Å². The van der Waals surface area contributed by atoms with Crippen molar-refractivity contribution in [3.05, 3.63) is 65.2 Å². The van der Waals surface area contributed by atoms with Crippen LogP contribution in [0.25, 0.3) is 0 Å². The Balaban J connectivity index is 2.15. The minimum Gasteiger partial charge on any atom is -0.364 e. The Labute approximate surface area is 171 Å². The first-order valence-electron chi connectivity index (χ1n) is 9.02. The van der Waals surface area contributed by atoms with Crippen molar-refractivity contribution in [2.75, 3.05) is 20.2 Å². The second-order valence-electron chi connectivity index (χ2n) is 7.31. The van der Waals surface area contributed by atoms with Gasteiger partial charge in [-0.05, 0) is 55.8 Å². The highest BCUT2D eigenvalue weighted by Gasteiger charge is 2.55. The van der Waals surface area contributed by atoms with Crippen LogP contribution in [-0.2, 0) is 24.9 Å². The molecule has 2 atom stereocenters. The number of sulfone groups is 1. The summed E-state index contributed by atoms with van der Waals surface area (Å²) in [4.78, 5) is -0.158. The molecule has 4 nitrogen and oxygen atoms in total. The molecule has 1 unspecified atom stereocenters. The third-order valence-corrected chi connectivity index (χ3v) is 8.22. The van der Waals surface area contributed by atoms with Crippen molar-refractivity contribution in [2.24, 2.45) is 0 Å². The lowest BCUT2D eigenvalue weighted by Gasteiger charge is -2.33. The van der Waals surface area contributed by atoms with Gasteiger partial charge in [-0.2, -0.15) is 13.2 Å². The van der Waals surface area contributed by atoms with E-state index in [0.29, 0.717) is 13.5 Å². The number of hydrogen-bond donors (Lipinski definition) is 1. The van der Waals surface area contributed by atoms with Gasteiger partial charge in [0.2, 0.25) is 0 Å². The van der Waals surface area contributed by atoms with E-state index in [-0.39, 0.29) is 23.4 Å². The molecule has 1 heterocycles. The molecular weight excluding hydrogens is 429 g/mol. The quantitative estimate of drug-likeness (QED) is 0.553. The van der Waals surface area contributed by atoms with Gasteiger partial charge in [-0.3, -0.25) is 0 Å². The number of methoxy groups -OCH3 is 1. The molecule has 1 aliphatic rings. The number of alkyl halides is 3. The van der Waals surface area contributed by atoms with E-state index in [1.165, 1.54) is 6.07 Å². The smallest absolute Gasteiger partial charge is 0.364 e. The molecule has 0 radical (unpaired) electrons. The van der Waals surface area contributed by atoms with Crippen LogP contribution in [0.2, 0.25) is 0 Å². The Morgan fingerprint density at radius 2 is 1.70 bits per heavy atom. The highest BCUT2D eigenvalue weighted by atomic mass is 32.2. The fourth-order valence-electron chi connectivity index (χ4n) is 3.70. The number of ether oxygens (including phenoxy) is 1. The highest BCUT2D eigenvalue weighted by Crippen LogP contribution is 2.45. The van der Waals surface area contributed by atoms with Gasteiger partial charge in [-0.15, -0.1) is 0 Å². The number of hydrogen-bond acceptors (Lipinski definition) is 4. The van der Waals surface area contributed by atoms with Crippen LogP contribution >= 0.6 is 0 Å². The van der Waals surface area contributed by atoms with E-state index in [1.807, 2.05) is 0 Å². The Morgan fingerprint density at radius 3 is 2.17 bits per heavy atom. The summed E-state index contributed by atoms with van der Waals surface area (Å²) in [6.45, 7) is 0.946. The Kier molecular flexibility index (Phi) is 5.72. The van der Waals surface area contributed by atoms with Gasteiger partial charge in [0.15, 0.2) is 15.4 Å². The van der Waals surface area contributed by atoms with Crippen LogP contribution in [0.15, 0.2) is 47.4 Å². The first kappa shape index (κ1) is 22.6. The molecule has 164 valence electrons. The second kappa shape index (κ2) is 7.58. The predicted molar refractivity (Wildman–Crippen MR) is 99.6 cm³/mol. The molecule has 1 fully saturated rings. The zero-order valence-corrected chi connectivity index (χ0v) is 17.0. The first-order chi connectivity index (χ1) is 13.9. The fraction of sp³-hybridized carbons (Fsp3) is 0.400. The average molecular weight is 449 g/mol. The maximum Gasteiger partial charge on any atom is 0.421 e. The highest BCUT2D eigenvalue weighted by molar-refractivity contribution is 7.92. The van der Waals surface area contributed by atoms with Crippen LogP contribution in [0.5, 0.6) is 0 Å². The molecule has 0 amide bonds. The number of benzene rings is 2. The van der Waals surface area contributed by atoms with Crippen molar-refractivity contribution in [2.45, 2.75) is 34.8 Å². The van der Waals surface area contributed by atoms with E-state index >= 15 is 0 Å². The van der Waals surface area contributed by atoms with Crippen molar-refractivity contribution in [3.63, 3.8) is 0 Å². The monoisotopic (exact) mass is 449 g/mol. The van der Waals surface area contributed by atoms with Crippen LogP contribution in [0, 0.1) is 11.6 Å². The number of nitrogens with one attached hydrogen (secondary N) is 1. The third kappa shape index (κ3) is 3.40. The van der Waals surface area contributed by atoms with E-state index in [4.69, 9.17) is 0 Å². The SMILES string of the molecule is COC(C)(c1ccc([C@]2(S(=O)(=O)c3ccc(F)cc3)CCNC2)cc1F)C(F)(F)F. The summed E-state index contributed by atoms with van der Waals surface area (Å²) in [5.41, 5.74) is -3.63. The maximum absolute atomic E-state index is 14.9. The molecule has 30 heavy (non-hydrogen) atoms. The van der Waals surface area contributed by atoms with Crippen molar-refractivity contribution < 1.29 is 35.1 Å².